The van der Waals surface area contributed by atoms with E-state index in [2.05, 4.69) is 44.9 Å². The molecule has 0 aromatic carbocycles. The molecule has 0 amide bonds. The van der Waals surface area contributed by atoms with Gasteiger partial charge >= 0.3 is 0 Å². The second-order valence-electron chi connectivity index (χ2n) is 6.03. The van der Waals surface area contributed by atoms with Crippen molar-refractivity contribution in [2.75, 3.05) is 24.5 Å². The molecule has 0 spiro atoms. The molecule has 1 aliphatic heterocycles. The fourth-order valence-electron chi connectivity index (χ4n) is 2.89. The molecular formula is C16H24N6. The van der Waals surface area contributed by atoms with Gasteiger partial charge in [0.1, 0.15) is 0 Å². The molecule has 0 radical (unpaired) electrons. The largest absolute Gasteiger partial charge is 0.338 e. The summed E-state index contributed by atoms with van der Waals surface area (Å²) in [4.78, 5) is 13.8. The Morgan fingerprint density at radius 3 is 2.50 bits per heavy atom. The van der Waals surface area contributed by atoms with Crippen LogP contribution in [0.4, 0.5) is 5.95 Å². The molecule has 3 heterocycles. The number of aromatic nitrogens is 4. The van der Waals surface area contributed by atoms with E-state index in [0.29, 0.717) is 6.04 Å². The third-order valence-electron chi connectivity index (χ3n) is 4.29. The molecule has 1 fully saturated rings. The van der Waals surface area contributed by atoms with Gasteiger partial charge < -0.3 is 4.90 Å². The number of piperazine rings is 1. The molecule has 0 bridgehead atoms. The molecule has 1 atom stereocenters. The Kier molecular flexibility index (Phi) is 4.38. The van der Waals surface area contributed by atoms with Crippen molar-refractivity contribution in [2.45, 2.75) is 32.9 Å². The van der Waals surface area contributed by atoms with Gasteiger partial charge in [0.05, 0.1) is 6.20 Å². The van der Waals surface area contributed by atoms with Crippen molar-refractivity contribution in [3.05, 3.63) is 35.9 Å². The molecule has 0 N–H and O–H groups in total. The van der Waals surface area contributed by atoms with E-state index in [1.54, 1.807) is 0 Å². The van der Waals surface area contributed by atoms with Gasteiger partial charge in [-0.05, 0) is 18.9 Å². The van der Waals surface area contributed by atoms with E-state index in [1.807, 2.05) is 30.3 Å². The molecule has 118 valence electrons. The number of nitrogens with zero attached hydrogens (tertiary/aromatic N) is 6. The number of aryl methyl sites for hydroxylation is 2. The first-order chi connectivity index (χ1) is 10.7. The molecule has 1 saturated heterocycles. The smallest absolute Gasteiger partial charge is 0.225 e. The van der Waals surface area contributed by atoms with E-state index in [-0.39, 0.29) is 0 Å². The van der Waals surface area contributed by atoms with Crippen LogP contribution < -0.4 is 4.90 Å². The van der Waals surface area contributed by atoms with Gasteiger partial charge in [0.25, 0.3) is 0 Å². The minimum atomic E-state index is 0.475. The summed E-state index contributed by atoms with van der Waals surface area (Å²) < 4.78 is 1.86. The predicted molar refractivity (Wildman–Crippen MR) is 86.7 cm³/mol. The van der Waals surface area contributed by atoms with Crippen LogP contribution in [-0.4, -0.2) is 50.3 Å². The third kappa shape index (κ3) is 3.27. The molecule has 2 aromatic rings. The Morgan fingerprint density at radius 1 is 1.14 bits per heavy atom. The molecule has 6 nitrogen and oxygen atoms in total. The second kappa shape index (κ2) is 6.44. The number of hydrogen-bond acceptors (Lipinski definition) is 5. The molecule has 1 unspecified atom stereocenters. The van der Waals surface area contributed by atoms with E-state index in [0.717, 1.165) is 38.5 Å². The van der Waals surface area contributed by atoms with Gasteiger partial charge in [0.2, 0.25) is 5.95 Å². The van der Waals surface area contributed by atoms with E-state index < -0.39 is 0 Å². The van der Waals surface area contributed by atoms with Crippen molar-refractivity contribution in [3.8, 4) is 0 Å². The molecular weight excluding hydrogens is 276 g/mol. The first-order valence-electron chi connectivity index (χ1n) is 7.93. The summed E-state index contributed by atoms with van der Waals surface area (Å²) in [6.45, 7) is 8.30. The minimum Gasteiger partial charge on any atom is -0.338 e. The zero-order valence-corrected chi connectivity index (χ0v) is 13.6. The van der Waals surface area contributed by atoms with Crippen molar-refractivity contribution in [3.63, 3.8) is 0 Å². The highest BCUT2D eigenvalue weighted by molar-refractivity contribution is 5.31. The molecule has 1 aliphatic rings. The van der Waals surface area contributed by atoms with E-state index in [1.165, 1.54) is 11.1 Å². The van der Waals surface area contributed by atoms with Gasteiger partial charge in [-0.25, -0.2) is 9.97 Å². The standard InChI is InChI=1S/C16H24N6/c1-4-14-7-17-16(18-8-14)22-6-5-21(13(2)10-22)12-15-9-19-20(3)11-15/h7-9,11,13H,4-6,10,12H2,1-3H3. The Balaban J connectivity index is 1.61. The molecule has 6 heteroatoms. The lowest BCUT2D eigenvalue weighted by Gasteiger charge is -2.39. The van der Waals surface area contributed by atoms with Crippen LogP contribution in [0.15, 0.2) is 24.8 Å². The van der Waals surface area contributed by atoms with Crippen LogP contribution in [0.2, 0.25) is 0 Å². The van der Waals surface area contributed by atoms with Gasteiger partial charge in [0.15, 0.2) is 0 Å². The van der Waals surface area contributed by atoms with Crippen LogP contribution in [0.5, 0.6) is 0 Å². The van der Waals surface area contributed by atoms with Crippen LogP contribution in [0, 0.1) is 0 Å². The number of rotatable bonds is 4. The second-order valence-corrected chi connectivity index (χ2v) is 6.03. The van der Waals surface area contributed by atoms with E-state index >= 15 is 0 Å². The fourth-order valence-corrected chi connectivity index (χ4v) is 2.89. The van der Waals surface area contributed by atoms with Crippen LogP contribution in [0.25, 0.3) is 0 Å². The summed E-state index contributed by atoms with van der Waals surface area (Å²) in [7, 11) is 1.96. The van der Waals surface area contributed by atoms with Crippen LogP contribution in [-0.2, 0) is 20.0 Å². The van der Waals surface area contributed by atoms with Crippen molar-refractivity contribution >= 4 is 5.95 Å². The Hall–Kier alpha value is -1.95. The summed E-state index contributed by atoms with van der Waals surface area (Å²) in [6.07, 6.45) is 8.90. The molecule has 2 aromatic heterocycles. The highest BCUT2D eigenvalue weighted by atomic mass is 15.3. The summed E-state index contributed by atoms with van der Waals surface area (Å²) >= 11 is 0. The lowest BCUT2D eigenvalue weighted by atomic mass is 10.1. The third-order valence-corrected chi connectivity index (χ3v) is 4.29. The molecule has 3 rings (SSSR count). The molecule has 0 aliphatic carbocycles. The van der Waals surface area contributed by atoms with Crippen LogP contribution >= 0.6 is 0 Å². The average Bonchev–Trinajstić information content (AvgIpc) is 2.94. The average molecular weight is 300 g/mol. The lowest BCUT2D eigenvalue weighted by Crippen LogP contribution is -2.51. The van der Waals surface area contributed by atoms with Gasteiger partial charge in [-0.1, -0.05) is 6.92 Å². The SMILES string of the molecule is CCc1cnc(N2CCN(Cc3cnn(C)c3)C(C)C2)nc1. The highest BCUT2D eigenvalue weighted by Gasteiger charge is 2.25. The quantitative estimate of drug-likeness (QED) is 0.856. The van der Waals surface area contributed by atoms with Crippen molar-refractivity contribution in [1.29, 1.82) is 0 Å². The Bertz CT molecular complexity index is 605. The zero-order chi connectivity index (χ0) is 15.5. The van der Waals surface area contributed by atoms with Crippen molar-refractivity contribution in [1.82, 2.24) is 24.6 Å². The number of hydrogen-bond donors (Lipinski definition) is 0. The maximum atomic E-state index is 4.50. The monoisotopic (exact) mass is 300 g/mol. The van der Waals surface area contributed by atoms with Crippen molar-refractivity contribution < 1.29 is 0 Å². The fraction of sp³-hybridized carbons (Fsp3) is 0.562. The van der Waals surface area contributed by atoms with Gasteiger partial charge in [-0.15, -0.1) is 0 Å². The maximum Gasteiger partial charge on any atom is 0.225 e. The summed E-state index contributed by atoms with van der Waals surface area (Å²) in [5, 5.41) is 4.25. The van der Waals surface area contributed by atoms with Gasteiger partial charge in [-0.2, -0.15) is 5.10 Å². The Morgan fingerprint density at radius 2 is 1.91 bits per heavy atom. The van der Waals surface area contributed by atoms with Gasteiger partial charge in [0, 0.05) is 63.4 Å². The lowest BCUT2D eigenvalue weighted by molar-refractivity contribution is 0.180. The summed E-state index contributed by atoms with van der Waals surface area (Å²) in [5.74, 6) is 0.852. The topological polar surface area (TPSA) is 50.1 Å². The highest BCUT2D eigenvalue weighted by Crippen LogP contribution is 2.17. The minimum absolute atomic E-state index is 0.475. The van der Waals surface area contributed by atoms with E-state index in [4.69, 9.17) is 0 Å². The van der Waals surface area contributed by atoms with Crippen molar-refractivity contribution in [2.24, 2.45) is 7.05 Å². The maximum absolute atomic E-state index is 4.50. The zero-order valence-electron chi connectivity index (χ0n) is 13.6. The van der Waals surface area contributed by atoms with Crippen LogP contribution in [0.3, 0.4) is 0 Å². The Labute approximate surface area is 131 Å². The molecule has 22 heavy (non-hydrogen) atoms. The summed E-state index contributed by atoms with van der Waals surface area (Å²) in [6, 6.07) is 0.475. The predicted octanol–water partition coefficient (Wildman–Crippen LogP) is 1.48. The normalized spacial score (nSPS) is 19.6. The van der Waals surface area contributed by atoms with E-state index in [9.17, 15) is 0 Å². The van der Waals surface area contributed by atoms with Gasteiger partial charge in [-0.3, -0.25) is 9.58 Å². The molecule has 0 saturated carbocycles. The summed E-state index contributed by atoms with van der Waals surface area (Å²) in [5.41, 5.74) is 2.46. The first kappa shape index (κ1) is 15.0. The van der Waals surface area contributed by atoms with Crippen LogP contribution in [0.1, 0.15) is 25.0 Å². The first-order valence-corrected chi connectivity index (χ1v) is 7.93. The number of anilines is 1.